The van der Waals surface area contributed by atoms with Crippen molar-refractivity contribution >= 4 is 5.91 Å². The Labute approximate surface area is 176 Å². The molecule has 1 amide bonds. The number of carbonyl (C=O) groups excluding carboxylic acids is 1. The van der Waals surface area contributed by atoms with Gasteiger partial charge in [-0.1, -0.05) is 18.2 Å². The number of hydrogen-bond donors (Lipinski definition) is 0. The SMILES string of the molecule is COc1cc(C(=O)N(Cc2cccc(-c3cn4c(n3)CCC4)c2)CC2CC2)ccn1. The van der Waals surface area contributed by atoms with Crippen LogP contribution in [-0.4, -0.2) is 39.0 Å². The van der Waals surface area contributed by atoms with E-state index in [1.165, 1.54) is 25.1 Å². The second-order valence-corrected chi connectivity index (χ2v) is 8.26. The van der Waals surface area contributed by atoms with E-state index in [0.717, 1.165) is 36.3 Å². The Kier molecular flexibility index (Phi) is 4.99. The van der Waals surface area contributed by atoms with Crippen LogP contribution < -0.4 is 4.74 Å². The monoisotopic (exact) mass is 402 g/mol. The minimum Gasteiger partial charge on any atom is -0.481 e. The first-order chi connectivity index (χ1) is 14.7. The van der Waals surface area contributed by atoms with Crippen LogP contribution in [-0.2, 0) is 19.5 Å². The van der Waals surface area contributed by atoms with Crippen LogP contribution in [0.4, 0.5) is 0 Å². The highest BCUT2D eigenvalue weighted by Gasteiger charge is 2.28. The maximum Gasteiger partial charge on any atom is 0.254 e. The molecule has 3 aromatic rings. The molecule has 0 atom stereocenters. The molecule has 2 aromatic heterocycles. The van der Waals surface area contributed by atoms with Crippen molar-refractivity contribution in [2.24, 2.45) is 5.92 Å². The molecule has 0 N–H and O–H groups in total. The Morgan fingerprint density at radius 2 is 2.17 bits per heavy atom. The molecule has 1 fully saturated rings. The Balaban J connectivity index is 1.38. The number of rotatable bonds is 7. The molecule has 0 spiro atoms. The van der Waals surface area contributed by atoms with Crippen molar-refractivity contribution < 1.29 is 9.53 Å². The van der Waals surface area contributed by atoms with Crippen LogP contribution in [0.2, 0.25) is 0 Å². The van der Waals surface area contributed by atoms with E-state index in [4.69, 9.17) is 9.72 Å². The number of pyridine rings is 1. The average molecular weight is 402 g/mol. The molecular weight excluding hydrogens is 376 g/mol. The number of amides is 1. The van der Waals surface area contributed by atoms with Gasteiger partial charge in [0.05, 0.1) is 12.8 Å². The minimum absolute atomic E-state index is 0.0222. The molecular formula is C24H26N4O2. The normalized spacial score (nSPS) is 15.1. The number of aryl methyl sites for hydroxylation is 2. The first-order valence-electron chi connectivity index (χ1n) is 10.6. The number of nitrogens with zero attached hydrogens (tertiary/aromatic N) is 4. The van der Waals surface area contributed by atoms with Crippen molar-refractivity contribution in [2.75, 3.05) is 13.7 Å². The maximum atomic E-state index is 13.3. The molecule has 0 radical (unpaired) electrons. The fourth-order valence-electron chi connectivity index (χ4n) is 4.11. The number of benzene rings is 1. The van der Waals surface area contributed by atoms with Crippen LogP contribution in [0, 0.1) is 5.92 Å². The highest BCUT2D eigenvalue weighted by Crippen LogP contribution is 2.31. The zero-order valence-corrected chi connectivity index (χ0v) is 17.3. The summed E-state index contributed by atoms with van der Waals surface area (Å²) in [6.07, 6.45) is 8.41. The molecule has 5 rings (SSSR count). The first-order valence-corrected chi connectivity index (χ1v) is 10.6. The lowest BCUT2D eigenvalue weighted by Gasteiger charge is -2.23. The number of methoxy groups -OCH3 is 1. The van der Waals surface area contributed by atoms with Gasteiger partial charge in [0.2, 0.25) is 5.88 Å². The first kappa shape index (κ1) is 18.9. The van der Waals surface area contributed by atoms with E-state index in [-0.39, 0.29) is 5.91 Å². The van der Waals surface area contributed by atoms with E-state index in [9.17, 15) is 4.79 Å². The predicted molar refractivity (Wildman–Crippen MR) is 114 cm³/mol. The number of aromatic nitrogens is 3. The molecule has 0 bridgehead atoms. The molecule has 1 aliphatic carbocycles. The van der Waals surface area contributed by atoms with Crippen LogP contribution in [0.25, 0.3) is 11.3 Å². The highest BCUT2D eigenvalue weighted by molar-refractivity contribution is 5.94. The lowest BCUT2D eigenvalue weighted by molar-refractivity contribution is 0.0734. The van der Waals surface area contributed by atoms with Crippen LogP contribution in [0.15, 0.2) is 48.8 Å². The number of fused-ring (bicyclic) bond motifs is 1. The second kappa shape index (κ2) is 7.94. The molecule has 0 unspecified atom stereocenters. The molecule has 154 valence electrons. The summed E-state index contributed by atoms with van der Waals surface area (Å²) in [7, 11) is 1.57. The quantitative estimate of drug-likeness (QED) is 0.600. The van der Waals surface area contributed by atoms with Gasteiger partial charge in [-0.05, 0) is 42.9 Å². The third kappa shape index (κ3) is 3.95. The smallest absolute Gasteiger partial charge is 0.254 e. The molecule has 3 heterocycles. The predicted octanol–water partition coefficient (Wildman–Crippen LogP) is 3.95. The van der Waals surface area contributed by atoms with E-state index < -0.39 is 0 Å². The Morgan fingerprint density at radius 3 is 2.97 bits per heavy atom. The zero-order chi connectivity index (χ0) is 20.5. The van der Waals surface area contributed by atoms with Gasteiger partial charge in [-0.15, -0.1) is 0 Å². The molecule has 6 nitrogen and oxygen atoms in total. The number of imidazole rings is 1. The highest BCUT2D eigenvalue weighted by atomic mass is 16.5. The summed E-state index contributed by atoms with van der Waals surface area (Å²) < 4.78 is 7.45. The van der Waals surface area contributed by atoms with Gasteiger partial charge in [0.15, 0.2) is 0 Å². The van der Waals surface area contributed by atoms with E-state index in [0.29, 0.717) is 23.9 Å². The molecule has 0 saturated heterocycles. The van der Waals surface area contributed by atoms with Gasteiger partial charge in [-0.3, -0.25) is 4.79 Å². The van der Waals surface area contributed by atoms with Crippen molar-refractivity contribution in [3.05, 3.63) is 65.7 Å². The average Bonchev–Trinajstić information content (AvgIpc) is 3.33. The molecule has 1 aliphatic heterocycles. The second-order valence-electron chi connectivity index (χ2n) is 8.26. The van der Waals surface area contributed by atoms with E-state index >= 15 is 0 Å². The maximum absolute atomic E-state index is 13.3. The Hall–Kier alpha value is -3.15. The van der Waals surface area contributed by atoms with Crippen LogP contribution in [0.5, 0.6) is 5.88 Å². The number of ether oxygens (including phenoxy) is 1. The molecule has 1 aromatic carbocycles. The summed E-state index contributed by atoms with van der Waals surface area (Å²) in [4.78, 5) is 24.1. The largest absolute Gasteiger partial charge is 0.481 e. The van der Waals surface area contributed by atoms with Gasteiger partial charge in [-0.25, -0.2) is 9.97 Å². The van der Waals surface area contributed by atoms with Gasteiger partial charge in [-0.2, -0.15) is 0 Å². The van der Waals surface area contributed by atoms with Gasteiger partial charge in [0.1, 0.15) is 5.82 Å². The fraction of sp³-hybridized carbons (Fsp3) is 0.375. The fourth-order valence-corrected chi connectivity index (χ4v) is 4.11. The molecule has 1 saturated carbocycles. The van der Waals surface area contributed by atoms with Crippen molar-refractivity contribution in [1.29, 1.82) is 0 Å². The summed E-state index contributed by atoms with van der Waals surface area (Å²) in [5.74, 6) is 2.26. The summed E-state index contributed by atoms with van der Waals surface area (Å²) in [6, 6.07) is 11.9. The van der Waals surface area contributed by atoms with E-state index in [2.05, 4.69) is 40.0 Å². The summed E-state index contributed by atoms with van der Waals surface area (Å²) >= 11 is 0. The minimum atomic E-state index is 0.0222. The van der Waals surface area contributed by atoms with Gasteiger partial charge >= 0.3 is 0 Å². The van der Waals surface area contributed by atoms with Gasteiger partial charge < -0.3 is 14.2 Å². The summed E-state index contributed by atoms with van der Waals surface area (Å²) in [5.41, 5.74) is 3.86. The van der Waals surface area contributed by atoms with Crippen LogP contribution >= 0.6 is 0 Å². The Bertz CT molecular complexity index is 1050. The van der Waals surface area contributed by atoms with Crippen molar-refractivity contribution in [2.45, 2.75) is 38.8 Å². The Morgan fingerprint density at radius 1 is 1.27 bits per heavy atom. The standard InChI is InChI=1S/C24H26N4O2/c1-30-23-13-20(9-10-25-23)24(29)28(14-17-7-8-17)15-18-4-2-5-19(12-18)21-16-27-11-3-6-22(27)26-21/h2,4-5,9-10,12-13,16-17H,3,6-8,11,14-15H2,1H3. The number of hydrogen-bond acceptors (Lipinski definition) is 4. The molecule has 2 aliphatic rings. The third-order valence-electron chi connectivity index (χ3n) is 5.91. The third-order valence-corrected chi connectivity index (χ3v) is 5.91. The van der Waals surface area contributed by atoms with Crippen molar-refractivity contribution in [1.82, 2.24) is 19.4 Å². The van der Waals surface area contributed by atoms with Gasteiger partial charge in [0.25, 0.3) is 5.91 Å². The zero-order valence-electron chi connectivity index (χ0n) is 17.3. The summed E-state index contributed by atoms with van der Waals surface area (Å²) in [6.45, 7) is 2.43. The van der Waals surface area contributed by atoms with E-state index in [1.807, 2.05) is 4.90 Å². The van der Waals surface area contributed by atoms with Crippen molar-refractivity contribution in [3.63, 3.8) is 0 Å². The topological polar surface area (TPSA) is 60.2 Å². The molecule has 6 heteroatoms. The summed E-state index contributed by atoms with van der Waals surface area (Å²) in [5, 5.41) is 0. The van der Waals surface area contributed by atoms with Gasteiger partial charge in [0, 0.05) is 55.6 Å². The van der Waals surface area contributed by atoms with Crippen molar-refractivity contribution in [3.8, 4) is 17.1 Å². The molecule has 30 heavy (non-hydrogen) atoms. The lowest BCUT2D eigenvalue weighted by Crippen LogP contribution is -2.32. The lowest BCUT2D eigenvalue weighted by atomic mass is 10.1. The number of carbonyl (C=O) groups is 1. The van der Waals surface area contributed by atoms with Crippen LogP contribution in [0.3, 0.4) is 0 Å². The van der Waals surface area contributed by atoms with E-state index in [1.54, 1.807) is 25.4 Å². The van der Waals surface area contributed by atoms with Crippen LogP contribution in [0.1, 0.15) is 41.0 Å².